The van der Waals surface area contributed by atoms with Gasteiger partial charge < -0.3 is 5.32 Å². The Morgan fingerprint density at radius 3 is 2.71 bits per heavy atom. The summed E-state index contributed by atoms with van der Waals surface area (Å²) in [4.78, 5) is 0. The van der Waals surface area contributed by atoms with Crippen molar-refractivity contribution in [1.29, 1.82) is 0 Å². The van der Waals surface area contributed by atoms with E-state index in [1.807, 2.05) is 0 Å². The zero-order valence-corrected chi connectivity index (χ0v) is 10.0. The van der Waals surface area contributed by atoms with Gasteiger partial charge in [-0.3, -0.25) is 0 Å². The molecule has 1 N–H and O–H groups in total. The van der Waals surface area contributed by atoms with Gasteiger partial charge in [0.05, 0.1) is 0 Å². The summed E-state index contributed by atoms with van der Waals surface area (Å²) < 4.78 is 0. The van der Waals surface area contributed by atoms with Crippen molar-refractivity contribution in [3.05, 3.63) is 0 Å². The van der Waals surface area contributed by atoms with Gasteiger partial charge in [0.1, 0.15) is 0 Å². The van der Waals surface area contributed by atoms with E-state index < -0.39 is 0 Å². The fraction of sp³-hybridized carbons (Fsp3) is 1.00. The Hall–Kier alpha value is -0.0400. The topological polar surface area (TPSA) is 12.0 Å². The van der Waals surface area contributed by atoms with Crippen LogP contribution in [0.25, 0.3) is 0 Å². The molecule has 14 heavy (non-hydrogen) atoms. The summed E-state index contributed by atoms with van der Waals surface area (Å²) in [5.74, 6) is 0.955. The summed E-state index contributed by atoms with van der Waals surface area (Å²) in [5.41, 5.74) is 0. The summed E-state index contributed by atoms with van der Waals surface area (Å²) in [6, 6.07) is 0.834. The van der Waals surface area contributed by atoms with Crippen LogP contribution in [-0.4, -0.2) is 12.6 Å². The van der Waals surface area contributed by atoms with Crippen LogP contribution in [0.2, 0.25) is 0 Å². The Kier molecular flexibility index (Phi) is 6.25. The van der Waals surface area contributed by atoms with E-state index in [1.165, 1.54) is 57.9 Å². The van der Waals surface area contributed by atoms with Crippen LogP contribution in [0.4, 0.5) is 0 Å². The van der Waals surface area contributed by atoms with Gasteiger partial charge in [0, 0.05) is 6.04 Å². The highest BCUT2D eigenvalue weighted by molar-refractivity contribution is 4.75. The molecule has 0 aliphatic heterocycles. The Bertz CT molecular complexity index is 133. The Morgan fingerprint density at radius 1 is 1.14 bits per heavy atom. The fourth-order valence-electron chi connectivity index (χ4n) is 2.48. The zero-order chi connectivity index (χ0) is 10.2. The van der Waals surface area contributed by atoms with Crippen molar-refractivity contribution in [1.82, 2.24) is 5.32 Å². The Morgan fingerprint density at radius 2 is 2.00 bits per heavy atom. The van der Waals surface area contributed by atoms with E-state index in [9.17, 15) is 0 Å². The van der Waals surface area contributed by atoms with E-state index >= 15 is 0 Å². The molecular weight excluding hydrogens is 170 g/mol. The SMILES string of the molecule is CCCCCCN[C@@H]1CCC[C@H](C)C1. The lowest BCUT2D eigenvalue weighted by Crippen LogP contribution is -2.34. The normalized spacial score (nSPS) is 27.9. The average molecular weight is 197 g/mol. The molecular formula is C13H27N. The summed E-state index contributed by atoms with van der Waals surface area (Å²) in [6.45, 7) is 5.92. The molecule has 2 atom stereocenters. The van der Waals surface area contributed by atoms with Gasteiger partial charge in [0.25, 0.3) is 0 Å². The van der Waals surface area contributed by atoms with Gasteiger partial charge in [-0.2, -0.15) is 0 Å². The monoisotopic (exact) mass is 197 g/mol. The van der Waals surface area contributed by atoms with Crippen LogP contribution in [0.3, 0.4) is 0 Å². The van der Waals surface area contributed by atoms with Crippen LogP contribution in [-0.2, 0) is 0 Å². The van der Waals surface area contributed by atoms with Crippen LogP contribution in [0.1, 0.15) is 65.2 Å². The quantitative estimate of drug-likeness (QED) is 0.640. The van der Waals surface area contributed by atoms with Crippen LogP contribution < -0.4 is 5.32 Å². The van der Waals surface area contributed by atoms with Gasteiger partial charge in [-0.25, -0.2) is 0 Å². The third-order valence-electron chi connectivity index (χ3n) is 3.40. The molecule has 0 aromatic carbocycles. The largest absolute Gasteiger partial charge is 0.314 e. The smallest absolute Gasteiger partial charge is 0.00696 e. The molecule has 0 saturated heterocycles. The first-order valence-electron chi connectivity index (χ1n) is 6.56. The second kappa shape index (κ2) is 7.28. The molecule has 1 rings (SSSR count). The van der Waals surface area contributed by atoms with Gasteiger partial charge in [0.15, 0.2) is 0 Å². The molecule has 1 saturated carbocycles. The van der Waals surface area contributed by atoms with Gasteiger partial charge in [0.2, 0.25) is 0 Å². The standard InChI is InChI=1S/C13H27N/c1-3-4-5-6-10-14-13-9-7-8-12(2)11-13/h12-14H,3-11H2,1-2H3/t12-,13+/m0/s1. The van der Waals surface area contributed by atoms with Crippen molar-refractivity contribution in [2.45, 2.75) is 71.3 Å². The second-order valence-electron chi connectivity index (χ2n) is 4.98. The van der Waals surface area contributed by atoms with Gasteiger partial charge in [-0.15, -0.1) is 0 Å². The number of nitrogens with one attached hydrogen (secondary N) is 1. The van der Waals surface area contributed by atoms with Gasteiger partial charge >= 0.3 is 0 Å². The first kappa shape index (κ1) is 12.0. The van der Waals surface area contributed by atoms with E-state index in [4.69, 9.17) is 0 Å². The molecule has 0 heterocycles. The van der Waals surface area contributed by atoms with Gasteiger partial charge in [-0.1, -0.05) is 46.0 Å². The molecule has 1 aliphatic rings. The average Bonchev–Trinajstić information content (AvgIpc) is 2.18. The third-order valence-corrected chi connectivity index (χ3v) is 3.40. The van der Waals surface area contributed by atoms with Crippen LogP contribution >= 0.6 is 0 Å². The predicted molar refractivity (Wildman–Crippen MR) is 63.6 cm³/mol. The number of rotatable bonds is 6. The van der Waals surface area contributed by atoms with Crippen molar-refractivity contribution >= 4 is 0 Å². The zero-order valence-electron chi connectivity index (χ0n) is 10.0. The van der Waals surface area contributed by atoms with Crippen LogP contribution in [0.5, 0.6) is 0 Å². The highest BCUT2D eigenvalue weighted by atomic mass is 14.9. The highest BCUT2D eigenvalue weighted by Gasteiger charge is 2.17. The minimum atomic E-state index is 0.834. The second-order valence-corrected chi connectivity index (χ2v) is 4.98. The summed E-state index contributed by atoms with van der Waals surface area (Å²) in [5, 5.41) is 3.71. The van der Waals surface area contributed by atoms with Crippen molar-refractivity contribution in [2.24, 2.45) is 5.92 Å². The van der Waals surface area contributed by atoms with Crippen molar-refractivity contribution in [3.63, 3.8) is 0 Å². The van der Waals surface area contributed by atoms with E-state index in [2.05, 4.69) is 19.2 Å². The molecule has 0 unspecified atom stereocenters. The number of hydrogen-bond donors (Lipinski definition) is 1. The fourth-order valence-corrected chi connectivity index (χ4v) is 2.48. The molecule has 1 heteroatoms. The van der Waals surface area contributed by atoms with Crippen molar-refractivity contribution < 1.29 is 0 Å². The molecule has 0 bridgehead atoms. The van der Waals surface area contributed by atoms with E-state index in [0.29, 0.717) is 0 Å². The maximum Gasteiger partial charge on any atom is 0.00696 e. The van der Waals surface area contributed by atoms with Crippen LogP contribution in [0, 0.1) is 5.92 Å². The first-order chi connectivity index (χ1) is 6.83. The molecule has 1 fully saturated rings. The number of hydrogen-bond acceptors (Lipinski definition) is 1. The minimum absolute atomic E-state index is 0.834. The third kappa shape index (κ3) is 4.99. The minimum Gasteiger partial charge on any atom is -0.314 e. The Labute approximate surface area is 89.7 Å². The predicted octanol–water partition coefficient (Wildman–Crippen LogP) is 3.74. The van der Waals surface area contributed by atoms with Crippen molar-refractivity contribution in [3.8, 4) is 0 Å². The van der Waals surface area contributed by atoms with Gasteiger partial charge in [-0.05, 0) is 31.7 Å². The molecule has 0 spiro atoms. The summed E-state index contributed by atoms with van der Waals surface area (Å²) in [7, 11) is 0. The molecule has 0 aromatic rings. The molecule has 84 valence electrons. The molecule has 0 aromatic heterocycles. The molecule has 0 amide bonds. The highest BCUT2D eigenvalue weighted by Crippen LogP contribution is 2.23. The number of unbranched alkanes of at least 4 members (excludes halogenated alkanes) is 3. The lowest BCUT2D eigenvalue weighted by molar-refractivity contribution is 0.300. The summed E-state index contributed by atoms with van der Waals surface area (Å²) >= 11 is 0. The molecule has 0 radical (unpaired) electrons. The maximum absolute atomic E-state index is 3.71. The van der Waals surface area contributed by atoms with E-state index in [0.717, 1.165) is 12.0 Å². The first-order valence-corrected chi connectivity index (χ1v) is 6.56. The Balaban J connectivity index is 1.95. The lowest BCUT2D eigenvalue weighted by Gasteiger charge is -2.27. The van der Waals surface area contributed by atoms with E-state index in [1.54, 1.807) is 0 Å². The van der Waals surface area contributed by atoms with Crippen LogP contribution in [0.15, 0.2) is 0 Å². The molecule has 1 aliphatic carbocycles. The molecule has 1 nitrogen and oxygen atoms in total. The van der Waals surface area contributed by atoms with Crippen molar-refractivity contribution in [2.75, 3.05) is 6.54 Å². The van der Waals surface area contributed by atoms with E-state index in [-0.39, 0.29) is 0 Å². The lowest BCUT2D eigenvalue weighted by atomic mass is 9.87. The summed E-state index contributed by atoms with van der Waals surface area (Å²) in [6.07, 6.45) is 11.3. The maximum atomic E-state index is 3.71.